The molecule has 0 heterocycles. The van der Waals surface area contributed by atoms with Crippen molar-refractivity contribution in [2.75, 3.05) is 6.61 Å². The van der Waals surface area contributed by atoms with E-state index in [1.807, 2.05) is 20.8 Å². The Hall–Kier alpha value is -0.570. The van der Waals surface area contributed by atoms with Crippen LogP contribution in [-0.4, -0.2) is 24.3 Å². The van der Waals surface area contributed by atoms with Gasteiger partial charge < -0.3 is 9.47 Å². The fourth-order valence-corrected chi connectivity index (χ4v) is 1.65. The van der Waals surface area contributed by atoms with Crippen molar-refractivity contribution in [3.8, 4) is 0 Å². The molecule has 0 bridgehead atoms. The van der Waals surface area contributed by atoms with Crippen molar-refractivity contribution < 1.29 is 14.3 Å². The van der Waals surface area contributed by atoms with Crippen molar-refractivity contribution in [1.82, 2.24) is 0 Å². The van der Waals surface area contributed by atoms with Gasteiger partial charge >= 0.3 is 5.97 Å². The summed E-state index contributed by atoms with van der Waals surface area (Å²) >= 11 is 0. The summed E-state index contributed by atoms with van der Waals surface area (Å²) < 4.78 is 10.7. The predicted octanol–water partition coefficient (Wildman–Crippen LogP) is 2.92. The van der Waals surface area contributed by atoms with E-state index in [9.17, 15) is 4.79 Å². The SMILES string of the molecule is CC(OCCC1CCC1)C(=O)OC(C)(C)C. The first-order valence-corrected chi connectivity index (χ1v) is 6.23. The number of carbonyl (C=O) groups is 1. The molecule has 16 heavy (non-hydrogen) atoms. The summed E-state index contributed by atoms with van der Waals surface area (Å²) in [4.78, 5) is 11.6. The van der Waals surface area contributed by atoms with E-state index in [0.717, 1.165) is 12.3 Å². The van der Waals surface area contributed by atoms with Crippen molar-refractivity contribution in [3.05, 3.63) is 0 Å². The number of ether oxygens (including phenoxy) is 2. The fourth-order valence-electron chi connectivity index (χ4n) is 1.65. The van der Waals surface area contributed by atoms with Gasteiger partial charge in [-0.05, 0) is 40.0 Å². The van der Waals surface area contributed by atoms with Gasteiger partial charge in [0.15, 0.2) is 6.10 Å². The van der Waals surface area contributed by atoms with Crippen LogP contribution in [-0.2, 0) is 14.3 Å². The molecule has 0 aromatic carbocycles. The molecule has 1 fully saturated rings. The van der Waals surface area contributed by atoms with Gasteiger partial charge in [0.25, 0.3) is 0 Å². The highest BCUT2D eigenvalue weighted by Gasteiger charge is 2.23. The highest BCUT2D eigenvalue weighted by atomic mass is 16.6. The van der Waals surface area contributed by atoms with E-state index in [-0.39, 0.29) is 5.97 Å². The van der Waals surface area contributed by atoms with E-state index in [0.29, 0.717) is 6.61 Å². The second kappa shape index (κ2) is 5.67. The minimum atomic E-state index is -0.445. The van der Waals surface area contributed by atoms with E-state index in [1.54, 1.807) is 6.92 Å². The molecule has 1 unspecified atom stereocenters. The van der Waals surface area contributed by atoms with Crippen LogP contribution in [0.2, 0.25) is 0 Å². The maximum absolute atomic E-state index is 11.6. The zero-order chi connectivity index (χ0) is 12.2. The van der Waals surface area contributed by atoms with Crippen LogP contribution in [0.5, 0.6) is 0 Å². The Morgan fingerprint density at radius 3 is 2.44 bits per heavy atom. The molecule has 0 N–H and O–H groups in total. The number of rotatable bonds is 5. The lowest BCUT2D eigenvalue weighted by Crippen LogP contribution is -2.32. The summed E-state index contributed by atoms with van der Waals surface area (Å²) in [6, 6.07) is 0. The predicted molar refractivity (Wildman–Crippen MR) is 63.2 cm³/mol. The molecule has 1 atom stereocenters. The van der Waals surface area contributed by atoms with E-state index in [1.165, 1.54) is 19.3 Å². The van der Waals surface area contributed by atoms with Crippen molar-refractivity contribution in [3.63, 3.8) is 0 Å². The van der Waals surface area contributed by atoms with E-state index in [4.69, 9.17) is 9.47 Å². The van der Waals surface area contributed by atoms with Gasteiger partial charge in [0.05, 0.1) is 0 Å². The Kier molecular flexibility index (Phi) is 4.78. The van der Waals surface area contributed by atoms with Gasteiger partial charge in [-0.1, -0.05) is 19.3 Å². The number of carbonyl (C=O) groups excluding carboxylic acids is 1. The highest BCUT2D eigenvalue weighted by Crippen LogP contribution is 2.29. The summed E-state index contributed by atoms with van der Waals surface area (Å²) in [7, 11) is 0. The first-order valence-electron chi connectivity index (χ1n) is 6.23. The van der Waals surface area contributed by atoms with E-state index < -0.39 is 11.7 Å². The molecule has 1 rings (SSSR count). The zero-order valence-electron chi connectivity index (χ0n) is 10.9. The summed E-state index contributed by atoms with van der Waals surface area (Å²) in [5.74, 6) is 0.562. The lowest BCUT2D eigenvalue weighted by Gasteiger charge is -2.26. The smallest absolute Gasteiger partial charge is 0.335 e. The lowest BCUT2D eigenvalue weighted by molar-refractivity contribution is -0.167. The fraction of sp³-hybridized carbons (Fsp3) is 0.923. The highest BCUT2D eigenvalue weighted by molar-refractivity contribution is 5.74. The zero-order valence-corrected chi connectivity index (χ0v) is 10.9. The van der Waals surface area contributed by atoms with E-state index >= 15 is 0 Å². The molecule has 0 saturated heterocycles. The minimum absolute atomic E-state index is 0.263. The third kappa shape index (κ3) is 4.97. The number of hydrogen-bond acceptors (Lipinski definition) is 3. The molecule has 94 valence electrons. The second-order valence-electron chi connectivity index (χ2n) is 5.63. The van der Waals surface area contributed by atoms with Crippen LogP contribution in [0.3, 0.4) is 0 Å². The maximum Gasteiger partial charge on any atom is 0.335 e. The normalized spacial score (nSPS) is 19.0. The third-order valence-corrected chi connectivity index (χ3v) is 2.86. The molecule has 1 aliphatic carbocycles. The first-order chi connectivity index (χ1) is 7.38. The van der Waals surface area contributed by atoms with Crippen LogP contribution in [0.4, 0.5) is 0 Å². The molecule has 0 radical (unpaired) electrons. The number of hydrogen-bond donors (Lipinski definition) is 0. The van der Waals surface area contributed by atoms with Crippen LogP contribution >= 0.6 is 0 Å². The van der Waals surface area contributed by atoms with Gasteiger partial charge in [0, 0.05) is 6.61 Å². The third-order valence-electron chi connectivity index (χ3n) is 2.86. The van der Waals surface area contributed by atoms with Gasteiger partial charge in [0.1, 0.15) is 5.60 Å². The summed E-state index contributed by atoms with van der Waals surface area (Å²) in [5.41, 5.74) is -0.428. The van der Waals surface area contributed by atoms with Crippen molar-refractivity contribution >= 4 is 5.97 Å². The van der Waals surface area contributed by atoms with Gasteiger partial charge in [-0.3, -0.25) is 0 Å². The average molecular weight is 228 g/mol. The van der Waals surface area contributed by atoms with Gasteiger partial charge in [0.2, 0.25) is 0 Å². The molecule has 0 amide bonds. The molecule has 3 heteroatoms. The van der Waals surface area contributed by atoms with E-state index in [2.05, 4.69) is 0 Å². The monoisotopic (exact) mass is 228 g/mol. The minimum Gasteiger partial charge on any atom is -0.458 e. The Morgan fingerprint density at radius 2 is 2.00 bits per heavy atom. The Labute approximate surface area is 98.5 Å². The van der Waals surface area contributed by atoms with Crippen molar-refractivity contribution in [2.45, 2.75) is 65.1 Å². The Balaban J connectivity index is 2.12. The maximum atomic E-state index is 11.6. The molecular weight excluding hydrogens is 204 g/mol. The standard InChI is InChI=1S/C13H24O3/c1-10(12(14)16-13(2,3)4)15-9-8-11-6-5-7-11/h10-11H,5-9H2,1-4H3. The molecule has 0 aromatic rings. The van der Waals surface area contributed by atoms with Gasteiger partial charge in [-0.15, -0.1) is 0 Å². The van der Waals surface area contributed by atoms with Crippen molar-refractivity contribution in [2.24, 2.45) is 5.92 Å². The largest absolute Gasteiger partial charge is 0.458 e. The van der Waals surface area contributed by atoms with Crippen LogP contribution in [0.25, 0.3) is 0 Å². The van der Waals surface area contributed by atoms with Crippen molar-refractivity contribution in [1.29, 1.82) is 0 Å². The summed E-state index contributed by atoms with van der Waals surface area (Å²) in [6.45, 7) is 8.03. The average Bonchev–Trinajstić information content (AvgIpc) is 2.05. The molecule has 1 saturated carbocycles. The van der Waals surface area contributed by atoms with Crippen LogP contribution < -0.4 is 0 Å². The molecule has 0 aliphatic heterocycles. The quantitative estimate of drug-likeness (QED) is 0.679. The van der Waals surface area contributed by atoms with Gasteiger partial charge in [-0.2, -0.15) is 0 Å². The molecular formula is C13H24O3. The molecule has 0 spiro atoms. The Morgan fingerprint density at radius 1 is 1.38 bits per heavy atom. The van der Waals surface area contributed by atoms with Gasteiger partial charge in [-0.25, -0.2) is 4.79 Å². The first kappa shape index (κ1) is 13.5. The van der Waals surface area contributed by atoms with Crippen LogP contribution in [0.15, 0.2) is 0 Å². The molecule has 3 nitrogen and oxygen atoms in total. The van der Waals surface area contributed by atoms with Crippen LogP contribution in [0.1, 0.15) is 53.4 Å². The topological polar surface area (TPSA) is 35.5 Å². The summed E-state index contributed by atoms with van der Waals surface area (Å²) in [6.07, 6.45) is 4.63. The summed E-state index contributed by atoms with van der Waals surface area (Å²) in [5, 5.41) is 0. The Bertz CT molecular complexity index is 226. The lowest BCUT2D eigenvalue weighted by atomic mass is 9.83. The molecule has 1 aliphatic rings. The second-order valence-corrected chi connectivity index (χ2v) is 5.63. The molecule has 0 aromatic heterocycles. The van der Waals surface area contributed by atoms with Crippen LogP contribution in [0, 0.1) is 5.92 Å². The number of esters is 1.